The second kappa shape index (κ2) is 5.48. The van der Waals surface area contributed by atoms with Gasteiger partial charge in [-0.25, -0.2) is 0 Å². The molecule has 2 rings (SSSR count). The Balaban J connectivity index is 2.15. The average molecular weight is 254 g/mol. The number of nitrogens with zero attached hydrogens (tertiary/aromatic N) is 1. The van der Waals surface area contributed by atoms with Crippen LogP contribution in [-0.4, -0.2) is 41.8 Å². The van der Waals surface area contributed by atoms with Crippen LogP contribution in [0.3, 0.4) is 0 Å². The van der Waals surface area contributed by atoms with Crippen molar-refractivity contribution in [2.24, 2.45) is 11.7 Å². The van der Waals surface area contributed by atoms with Crippen molar-refractivity contribution in [3.63, 3.8) is 0 Å². The normalized spacial score (nSPS) is 37.5. The smallest absolute Gasteiger partial charge is 0.0568 e. The van der Waals surface area contributed by atoms with Gasteiger partial charge >= 0.3 is 0 Å². The Morgan fingerprint density at radius 1 is 1.22 bits per heavy atom. The van der Waals surface area contributed by atoms with Crippen LogP contribution in [0.15, 0.2) is 0 Å². The molecule has 2 aliphatic rings. The van der Waals surface area contributed by atoms with E-state index in [0.717, 1.165) is 25.3 Å². The molecule has 2 atom stereocenters. The first-order valence-corrected chi connectivity index (χ1v) is 7.59. The fourth-order valence-electron chi connectivity index (χ4n) is 3.70. The van der Waals surface area contributed by atoms with Gasteiger partial charge in [-0.05, 0) is 59.3 Å². The third-order valence-electron chi connectivity index (χ3n) is 4.56. The lowest BCUT2D eigenvalue weighted by atomic mass is 9.81. The molecule has 18 heavy (non-hydrogen) atoms. The molecule has 0 aromatic heterocycles. The van der Waals surface area contributed by atoms with Gasteiger partial charge in [-0.15, -0.1) is 0 Å². The topological polar surface area (TPSA) is 38.5 Å². The maximum atomic E-state index is 6.20. The molecule has 0 spiro atoms. The first-order valence-electron chi connectivity index (χ1n) is 7.59. The van der Waals surface area contributed by atoms with Crippen LogP contribution < -0.4 is 5.73 Å². The van der Waals surface area contributed by atoms with Crippen molar-refractivity contribution in [2.75, 3.05) is 13.1 Å². The third-order valence-corrected chi connectivity index (χ3v) is 4.56. The number of ether oxygens (including phenoxy) is 1. The molecule has 2 unspecified atom stereocenters. The summed E-state index contributed by atoms with van der Waals surface area (Å²) < 4.78 is 5.91. The van der Waals surface area contributed by atoms with Crippen LogP contribution in [0.2, 0.25) is 0 Å². The molecule has 3 nitrogen and oxygen atoms in total. The van der Waals surface area contributed by atoms with E-state index in [1.54, 1.807) is 0 Å². The Morgan fingerprint density at radius 2 is 1.78 bits per heavy atom. The predicted molar refractivity (Wildman–Crippen MR) is 75.6 cm³/mol. The van der Waals surface area contributed by atoms with Crippen molar-refractivity contribution >= 4 is 0 Å². The fraction of sp³-hybridized carbons (Fsp3) is 1.00. The highest BCUT2D eigenvalue weighted by Gasteiger charge is 2.44. The van der Waals surface area contributed by atoms with E-state index in [2.05, 4.69) is 32.6 Å². The first kappa shape index (κ1) is 14.3. The minimum atomic E-state index is 0.161. The zero-order chi connectivity index (χ0) is 13.3. The van der Waals surface area contributed by atoms with Gasteiger partial charge in [-0.1, -0.05) is 0 Å². The highest BCUT2D eigenvalue weighted by molar-refractivity contribution is 5.00. The molecular formula is C15H30N2O. The van der Waals surface area contributed by atoms with E-state index >= 15 is 0 Å². The SMILES string of the molecule is CC1CC(CN)(N(CC2CC2)C(C)C)CC(C)O1. The van der Waals surface area contributed by atoms with Gasteiger partial charge in [0.1, 0.15) is 0 Å². The first-order chi connectivity index (χ1) is 8.47. The third kappa shape index (κ3) is 3.06. The van der Waals surface area contributed by atoms with Crippen LogP contribution in [-0.2, 0) is 4.74 Å². The summed E-state index contributed by atoms with van der Waals surface area (Å²) in [6.45, 7) is 11.0. The minimum Gasteiger partial charge on any atom is -0.375 e. The average Bonchev–Trinajstić information content (AvgIpc) is 3.07. The molecule has 2 N–H and O–H groups in total. The molecule has 0 radical (unpaired) electrons. The van der Waals surface area contributed by atoms with Crippen LogP contribution in [0, 0.1) is 5.92 Å². The standard InChI is InChI=1S/C15H30N2O/c1-11(2)17(9-14-5-6-14)15(10-16)7-12(3)18-13(4)8-15/h11-14H,5-10,16H2,1-4H3. The molecular weight excluding hydrogens is 224 g/mol. The molecule has 3 heteroatoms. The predicted octanol–water partition coefficient (Wildman–Crippen LogP) is 2.39. The summed E-state index contributed by atoms with van der Waals surface area (Å²) in [7, 11) is 0. The van der Waals surface area contributed by atoms with E-state index in [0.29, 0.717) is 18.2 Å². The maximum absolute atomic E-state index is 6.20. The van der Waals surface area contributed by atoms with E-state index in [-0.39, 0.29) is 5.54 Å². The number of nitrogens with two attached hydrogens (primary N) is 1. The fourth-order valence-corrected chi connectivity index (χ4v) is 3.70. The van der Waals surface area contributed by atoms with Gasteiger partial charge < -0.3 is 10.5 Å². The largest absolute Gasteiger partial charge is 0.375 e. The van der Waals surface area contributed by atoms with Crippen LogP contribution in [0.4, 0.5) is 0 Å². The Kier molecular flexibility index (Phi) is 4.35. The second-order valence-corrected chi connectivity index (χ2v) is 6.78. The lowest BCUT2D eigenvalue weighted by Gasteiger charge is -2.51. The molecule has 1 aliphatic heterocycles. The van der Waals surface area contributed by atoms with Crippen molar-refractivity contribution in [3.05, 3.63) is 0 Å². The van der Waals surface area contributed by atoms with E-state index in [1.807, 2.05) is 0 Å². The van der Waals surface area contributed by atoms with Gasteiger partial charge in [0.05, 0.1) is 12.2 Å². The van der Waals surface area contributed by atoms with Crippen LogP contribution in [0.1, 0.15) is 53.4 Å². The summed E-state index contributed by atoms with van der Waals surface area (Å²) in [5.74, 6) is 0.921. The van der Waals surface area contributed by atoms with Gasteiger partial charge in [0, 0.05) is 24.7 Å². The summed E-state index contributed by atoms with van der Waals surface area (Å²) in [5.41, 5.74) is 6.36. The summed E-state index contributed by atoms with van der Waals surface area (Å²) >= 11 is 0. The van der Waals surface area contributed by atoms with Crippen molar-refractivity contribution in [3.8, 4) is 0 Å². The van der Waals surface area contributed by atoms with Crippen molar-refractivity contribution < 1.29 is 4.74 Å². The second-order valence-electron chi connectivity index (χ2n) is 6.78. The zero-order valence-electron chi connectivity index (χ0n) is 12.5. The molecule has 1 saturated carbocycles. The lowest BCUT2D eigenvalue weighted by molar-refractivity contribution is -0.111. The Bertz CT molecular complexity index is 266. The van der Waals surface area contributed by atoms with Gasteiger partial charge in [0.25, 0.3) is 0 Å². The Hall–Kier alpha value is -0.120. The Morgan fingerprint density at radius 3 is 2.17 bits per heavy atom. The summed E-state index contributed by atoms with van der Waals surface area (Å²) in [4.78, 5) is 2.68. The van der Waals surface area contributed by atoms with Gasteiger partial charge in [-0.2, -0.15) is 0 Å². The molecule has 1 heterocycles. The molecule has 1 saturated heterocycles. The molecule has 0 aromatic rings. The molecule has 0 amide bonds. The monoisotopic (exact) mass is 254 g/mol. The van der Waals surface area contributed by atoms with Crippen molar-refractivity contribution in [1.82, 2.24) is 4.90 Å². The number of hydrogen-bond donors (Lipinski definition) is 1. The quantitative estimate of drug-likeness (QED) is 0.818. The van der Waals surface area contributed by atoms with Crippen LogP contribution in [0.5, 0.6) is 0 Å². The van der Waals surface area contributed by atoms with Gasteiger partial charge in [0.15, 0.2) is 0 Å². The molecule has 0 bridgehead atoms. The van der Waals surface area contributed by atoms with Crippen LogP contribution >= 0.6 is 0 Å². The summed E-state index contributed by atoms with van der Waals surface area (Å²) in [6, 6.07) is 0.576. The zero-order valence-corrected chi connectivity index (χ0v) is 12.5. The Labute approximate surface area is 112 Å². The van der Waals surface area contributed by atoms with Gasteiger partial charge in [-0.3, -0.25) is 4.90 Å². The summed E-state index contributed by atoms with van der Waals surface area (Å²) in [5, 5.41) is 0. The van der Waals surface area contributed by atoms with Crippen molar-refractivity contribution in [1.29, 1.82) is 0 Å². The van der Waals surface area contributed by atoms with Crippen LogP contribution in [0.25, 0.3) is 0 Å². The molecule has 0 aromatic carbocycles. The van der Waals surface area contributed by atoms with Crippen molar-refractivity contribution in [2.45, 2.75) is 77.2 Å². The molecule has 106 valence electrons. The van der Waals surface area contributed by atoms with E-state index in [4.69, 9.17) is 10.5 Å². The number of hydrogen-bond acceptors (Lipinski definition) is 3. The van der Waals surface area contributed by atoms with E-state index < -0.39 is 0 Å². The van der Waals surface area contributed by atoms with E-state index in [1.165, 1.54) is 19.4 Å². The minimum absolute atomic E-state index is 0.161. The molecule has 2 fully saturated rings. The highest BCUT2D eigenvalue weighted by Crippen LogP contribution is 2.38. The van der Waals surface area contributed by atoms with Gasteiger partial charge in [0.2, 0.25) is 0 Å². The summed E-state index contributed by atoms with van der Waals surface area (Å²) in [6.07, 6.45) is 5.64. The number of rotatable bonds is 5. The highest BCUT2D eigenvalue weighted by atomic mass is 16.5. The lowest BCUT2D eigenvalue weighted by Crippen LogP contribution is -2.62. The maximum Gasteiger partial charge on any atom is 0.0568 e. The molecule has 1 aliphatic carbocycles. The van der Waals surface area contributed by atoms with E-state index in [9.17, 15) is 0 Å².